The Morgan fingerprint density at radius 2 is 2.14 bits per heavy atom. The SMILES string of the molecule is COC1(C)CCCN(c2ccc(C(=O)N(C)C)cc2N)C1. The summed E-state index contributed by atoms with van der Waals surface area (Å²) in [4.78, 5) is 15.8. The summed E-state index contributed by atoms with van der Waals surface area (Å²) >= 11 is 0. The molecule has 0 radical (unpaired) electrons. The van der Waals surface area contributed by atoms with E-state index in [2.05, 4.69) is 11.8 Å². The van der Waals surface area contributed by atoms with E-state index in [4.69, 9.17) is 10.5 Å². The third-order valence-corrected chi connectivity index (χ3v) is 4.17. The first-order valence-electron chi connectivity index (χ1n) is 7.27. The van der Waals surface area contributed by atoms with Crippen LogP contribution in [0.25, 0.3) is 0 Å². The highest BCUT2D eigenvalue weighted by Gasteiger charge is 2.31. The van der Waals surface area contributed by atoms with E-state index in [1.165, 1.54) is 0 Å². The third-order valence-electron chi connectivity index (χ3n) is 4.17. The molecule has 1 aliphatic rings. The maximum Gasteiger partial charge on any atom is 0.253 e. The number of nitrogen functional groups attached to an aromatic ring is 1. The molecule has 1 saturated heterocycles. The molecule has 1 fully saturated rings. The van der Waals surface area contributed by atoms with Crippen molar-refractivity contribution >= 4 is 17.3 Å². The van der Waals surface area contributed by atoms with Crippen molar-refractivity contribution in [3.8, 4) is 0 Å². The molecule has 1 unspecified atom stereocenters. The predicted molar refractivity (Wildman–Crippen MR) is 85.7 cm³/mol. The van der Waals surface area contributed by atoms with E-state index in [0.29, 0.717) is 11.3 Å². The Balaban J connectivity index is 2.23. The Labute approximate surface area is 126 Å². The van der Waals surface area contributed by atoms with Crippen molar-refractivity contribution in [2.24, 2.45) is 0 Å². The van der Waals surface area contributed by atoms with Crippen LogP contribution in [0.15, 0.2) is 18.2 Å². The lowest BCUT2D eigenvalue weighted by Gasteiger charge is -2.41. The number of carbonyl (C=O) groups excluding carboxylic acids is 1. The highest BCUT2D eigenvalue weighted by atomic mass is 16.5. The molecule has 1 atom stereocenters. The van der Waals surface area contributed by atoms with E-state index in [1.54, 1.807) is 32.2 Å². The van der Waals surface area contributed by atoms with Gasteiger partial charge in [0, 0.05) is 39.9 Å². The van der Waals surface area contributed by atoms with Crippen LogP contribution < -0.4 is 10.6 Å². The van der Waals surface area contributed by atoms with Crippen LogP contribution in [0, 0.1) is 0 Å². The molecule has 2 N–H and O–H groups in total. The fourth-order valence-corrected chi connectivity index (χ4v) is 2.81. The second-order valence-corrected chi connectivity index (χ2v) is 6.15. The molecule has 21 heavy (non-hydrogen) atoms. The molecule has 1 aliphatic heterocycles. The second kappa shape index (κ2) is 5.93. The number of hydrogen-bond acceptors (Lipinski definition) is 4. The van der Waals surface area contributed by atoms with Gasteiger partial charge in [-0.25, -0.2) is 0 Å². The highest BCUT2D eigenvalue weighted by Crippen LogP contribution is 2.31. The van der Waals surface area contributed by atoms with Crippen molar-refractivity contribution in [2.45, 2.75) is 25.4 Å². The smallest absolute Gasteiger partial charge is 0.253 e. The van der Waals surface area contributed by atoms with Crippen molar-refractivity contribution in [3.63, 3.8) is 0 Å². The van der Waals surface area contributed by atoms with E-state index in [1.807, 2.05) is 12.1 Å². The normalized spacial score (nSPS) is 22.2. The van der Waals surface area contributed by atoms with Gasteiger partial charge in [-0.05, 0) is 38.0 Å². The molecule has 116 valence electrons. The van der Waals surface area contributed by atoms with Gasteiger partial charge in [0.15, 0.2) is 0 Å². The number of carbonyl (C=O) groups is 1. The van der Waals surface area contributed by atoms with Gasteiger partial charge in [-0.1, -0.05) is 0 Å². The lowest BCUT2D eigenvalue weighted by Crippen LogP contribution is -2.47. The molecule has 1 heterocycles. The number of methoxy groups -OCH3 is 1. The number of anilines is 2. The van der Waals surface area contributed by atoms with E-state index >= 15 is 0 Å². The van der Waals surface area contributed by atoms with Gasteiger partial charge in [0.2, 0.25) is 0 Å². The van der Waals surface area contributed by atoms with Crippen LogP contribution >= 0.6 is 0 Å². The highest BCUT2D eigenvalue weighted by molar-refractivity contribution is 5.95. The number of rotatable bonds is 3. The summed E-state index contributed by atoms with van der Waals surface area (Å²) in [6.45, 7) is 3.90. The summed E-state index contributed by atoms with van der Waals surface area (Å²) in [7, 11) is 5.23. The fraction of sp³-hybridized carbons (Fsp3) is 0.562. The molecule has 1 aromatic carbocycles. The number of amides is 1. The molecule has 0 aliphatic carbocycles. The minimum Gasteiger partial charge on any atom is -0.397 e. The zero-order chi connectivity index (χ0) is 15.6. The number of nitrogens with zero attached hydrogens (tertiary/aromatic N) is 2. The summed E-state index contributed by atoms with van der Waals surface area (Å²) in [6.07, 6.45) is 2.12. The Morgan fingerprint density at radius 3 is 2.71 bits per heavy atom. The monoisotopic (exact) mass is 291 g/mol. The molecular formula is C16H25N3O2. The molecule has 0 saturated carbocycles. The van der Waals surface area contributed by atoms with Crippen LogP contribution in [-0.4, -0.2) is 50.7 Å². The number of piperidine rings is 1. The van der Waals surface area contributed by atoms with Crippen LogP contribution in [0.5, 0.6) is 0 Å². The number of benzene rings is 1. The van der Waals surface area contributed by atoms with Crippen LogP contribution in [0.4, 0.5) is 11.4 Å². The Bertz CT molecular complexity index is 530. The fourth-order valence-electron chi connectivity index (χ4n) is 2.81. The van der Waals surface area contributed by atoms with Gasteiger partial charge in [0.05, 0.1) is 17.0 Å². The number of nitrogens with two attached hydrogens (primary N) is 1. The molecule has 2 rings (SSSR count). The van der Waals surface area contributed by atoms with Gasteiger partial charge in [-0.3, -0.25) is 4.79 Å². The van der Waals surface area contributed by atoms with E-state index < -0.39 is 0 Å². The molecular weight excluding hydrogens is 266 g/mol. The van der Waals surface area contributed by atoms with Crippen molar-refractivity contribution in [1.29, 1.82) is 0 Å². The minimum atomic E-state index is -0.136. The van der Waals surface area contributed by atoms with Crippen molar-refractivity contribution in [1.82, 2.24) is 4.90 Å². The predicted octanol–water partition coefficient (Wildman–Crippen LogP) is 1.98. The average Bonchev–Trinajstić information content (AvgIpc) is 2.46. The first-order valence-corrected chi connectivity index (χ1v) is 7.27. The van der Waals surface area contributed by atoms with Crippen LogP contribution in [0.3, 0.4) is 0 Å². The first kappa shape index (κ1) is 15.6. The molecule has 1 amide bonds. The third kappa shape index (κ3) is 3.29. The van der Waals surface area contributed by atoms with Crippen molar-refractivity contribution in [3.05, 3.63) is 23.8 Å². The first-order chi connectivity index (χ1) is 9.86. The summed E-state index contributed by atoms with van der Waals surface area (Å²) in [5, 5.41) is 0. The van der Waals surface area contributed by atoms with Gasteiger partial charge < -0.3 is 20.3 Å². The van der Waals surface area contributed by atoms with Crippen molar-refractivity contribution in [2.75, 3.05) is 44.9 Å². The van der Waals surface area contributed by atoms with Gasteiger partial charge >= 0.3 is 0 Å². The zero-order valence-corrected chi connectivity index (χ0v) is 13.3. The van der Waals surface area contributed by atoms with E-state index in [0.717, 1.165) is 31.6 Å². The van der Waals surface area contributed by atoms with Gasteiger partial charge in [0.1, 0.15) is 0 Å². The molecule has 0 aromatic heterocycles. The number of hydrogen-bond donors (Lipinski definition) is 1. The lowest BCUT2D eigenvalue weighted by atomic mass is 9.94. The van der Waals surface area contributed by atoms with Crippen LogP contribution in [0.2, 0.25) is 0 Å². The molecule has 0 bridgehead atoms. The standard InChI is InChI=1S/C16H25N3O2/c1-16(21-4)8-5-9-19(11-16)14-7-6-12(10-13(14)17)15(20)18(2)3/h6-7,10H,5,8-9,11,17H2,1-4H3. The minimum absolute atomic E-state index is 0.0337. The van der Waals surface area contributed by atoms with Gasteiger partial charge in [0.25, 0.3) is 5.91 Å². The Kier molecular flexibility index (Phi) is 4.42. The van der Waals surface area contributed by atoms with Crippen LogP contribution in [0.1, 0.15) is 30.1 Å². The summed E-state index contributed by atoms with van der Waals surface area (Å²) in [5.41, 5.74) is 8.27. The lowest BCUT2D eigenvalue weighted by molar-refractivity contribution is -0.00462. The Hall–Kier alpha value is -1.75. The number of ether oxygens (including phenoxy) is 1. The summed E-state index contributed by atoms with van der Waals surface area (Å²) in [6, 6.07) is 5.54. The largest absolute Gasteiger partial charge is 0.397 e. The van der Waals surface area contributed by atoms with Gasteiger partial charge in [-0.15, -0.1) is 0 Å². The van der Waals surface area contributed by atoms with E-state index in [-0.39, 0.29) is 11.5 Å². The maximum absolute atomic E-state index is 12.0. The summed E-state index contributed by atoms with van der Waals surface area (Å²) in [5.74, 6) is -0.0337. The van der Waals surface area contributed by atoms with Crippen LogP contribution in [-0.2, 0) is 4.74 Å². The van der Waals surface area contributed by atoms with E-state index in [9.17, 15) is 4.79 Å². The van der Waals surface area contributed by atoms with Crippen molar-refractivity contribution < 1.29 is 9.53 Å². The molecule has 5 heteroatoms. The quantitative estimate of drug-likeness (QED) is 0.865. The topological polar surface area (TPSA) is 58.8 Å². The van der Waals surface area contributed by atoms with Gasteiger partial charge in [-0.2, -0.15) is 0 Å². The Morgan fingerprint density at radius 1 is 1.43 bits per heavy atom. The molecule has 5 nitrogen and oxygen atoms in total. The molecule has 1 aromatic rings. The average molecular weight is 291 g/mol. The second-order valence-electron chi connectivity index (χ2n) is 6.15. The maximum atomic E-state index is 12.0. The zero-order valence-electron chi connectivity index (χ0n) is 13.3. The summed E-state index contributed by atoms with van der Waals surface area (Å²) < 4.78 is 5.62. The molecule has 0 spiro atoms.